The largest absolute Gasteiger partial charge is 0.497 e. The maximum absolute atomic E-state index is 13.3. The molecule has 1 aromatic carbocycles. The van der Waals surface area contributed by atoms with Gasteiger partial charge < -0.3 is 19.4 Å². The molecule has 2 aromatic heterocycles. The highest BCUT2D eigenvalue weighted by atomic mass is 16.5. The summed E-state index contributed by atoms with van der Waals surface area (Å²) in [5.41, 5.74) is 2.15. The molecular formula is C22H26N4O3. The fraction of sp³-hybridized carbons (Fsp3) is 0.409. The van der Waals surface area contributed by atoms with Crippen molar-refractivity contribution in [2.24, 2.45) is 0 Å². The van der Waals surface area contributed by atoms with Gasteiger partial charge >= 0.3 is 0 Å². The lowest BCUT2D eigenvalue weighted by molar-refractivity contribution is 0.0796. The molecule has 1 saturated carbocycles. The first-order chi connectivity index (χ1) is 13.9. The summed E-state index contributed by atoms with van der Waals surface area (Å²) in [6.07, 6.45) is 4.39. The normalized spacial score (nSPS) is 14.6. The van der Waals surface area contributed by atoms with Gasteiger partial charge in [-0.05, 0) is 50.8 Å². The smallest absolute Gasteiger partial charge is 0.257 e. The quantitative estimate of drug-likeness (QED) is 0.656. The molecule has 0 radical (unpaired) electrons. The molecule has 2 heterocycles. The van der Waals surface area contributed by atoms with Crippen molar-refractivity contribution in [1.82, 2.24) is 14.9 Å². The summed E-state index contributed by atoms with van der Waals surface area (Å²) in [4.78, 5) is 23.6. The number of fused-ring (bicyclic) bond motifs is 1. The average molecular weight is 394 g/mol. The van der Waals surface area contributed by atoms with E-state index in [1.807, 2.05) is 31.3 Å². The van der Waals surface area contributed by atoms with Crippen molar-refractivity contribution in [2.75, 3.05) is 26.0 Å². The van der Waals surface area contributed by atoms with Gasteiger partial charge in [0, 0.05) is 19.1 Å². The van der Waals surface area contributed by atoms with E-state index in [2.05, 4.69) is 22.2 Å². The van der Waals surface area contributed by atoms with E-state index in [-0.39, 0.29) is 11.4 Å². The molecule has 0 aliphatic heterocycles. The number of aryl methyl sites for hydroxylation is 1. The first-order valence-corrected chi connectivity index (χ1v) is 9.81. The molecular weight excluding hydrogens is 368 g/mol. The summed E-state index contributed by atoms with van der Waals surface area (Å²) in [5, 5.41) is 4.12. The number of anilines is 1. The Balaban J connectivity index is 1.56. The molecule has 0 saturated heterocycles. The molecule has 7 heteroatoms. The molecule has 4 rings (SSSR count). The van der Waals surface area contributed by atoms with E-state index in [4.69, 9.17) is 9.15 Å². The topological polar surface area (TPSA) is 80.5 Å². The van der Waals surface area contributed by atoms with Crippen molar-refractivity contribution in [3.63, 3.8) is 0 Å². The lowest BCUT2D eigenvalue weighted by Crippen LogP contribution is -2.29. The second-order valence-electron chi connectivity index (χ2n) is 7.95. The molecule has 0 spiro atoms. The number of nitrogens with zero attached hydrogens (tertiary/aromatic N) is 3. The molecule has 0 atom stereocenters. The van der Waals surface area contributed by atoms with Crippen LogP contribution in [0.15, 0.2) is 35.0 Å². The number of likely N-dealkylation sites (N-methyl/N-ethyl adjacent to an activating group) is 1. The van der Waals surface area contributed by atoms with Crippen molar-refractivity contribution in [2.45, 2.75) is 38.6 Å². The molecule has 0 bridgehead atoms. The van der Waals surface area contributed by atoms with E-state index in [0.29, 0.717) is 34.8 Å². The Labute approximate surface area is 170 Å². The molecule has 152 valence electrons. The standard InChI is InChI=1S/C22H26N4O3/c1-14-17(18-19(25-22(2)10-11-22)23-13-24-20(18)29-14)21(27)26(3)12-9-15-5-7-16(28-4)8-6-15/h5-8,13H,9-12H2,1-4H3,(H,23,24,25). The first-order valence-electron chi connectivity index (χ1n) is 9.81. The Bertz CT molecular complexity index is 1040. The number of ether oxygens (including phenoxy) is 1. The molecule has 1 aliphatic carbocycles. The predicted octanol–water partition coefficient (Wildman–Crippen LogP) is 3.82. The Morgan fingerprint density at radius 2 is 2.00 bits per heavy atom. The SMILES string of the molecule is COc1ccc(CCN(C)C(=O)c2c(C)oc3ncnc(NC4(C)CC4)c23)cc1. The fourth-order valence-corrected chi connectivity index (χ4v) is 3.38. The zero-order valence-corrected chi connectivity index (χ0v) is 17.3. The summed E-state index contributed by atoms with van der Waals surface area (Å²) in [5.74, 6) is 1.96. The zero-order valence-electron chi connectivity index (χ0n) is 17.3. The molecule has 29 heavy (non-hydrogen) atoms. The Morgan fingerprint density at radius 1 is 1.28 bits per heavy atom. The van der Waals surface area contributed by atoms with Crippen LogP contribution in [0.1, 0.15) is 41.4 Å². The van der Waals surface area contributed by atoms with Crippen LogP contribution >= 0.6 is 0 Å². The summed E-state index contributed by atoms with van der Waals surface area (Å²) < 4.78 is 11.0. The number of rotatable bonds is 7. The summed E-state index contributed by atoms with van der Waals surface area (Å²) in [6.45, 7) is 4.54. The third kappa shape index (κ3) is 3.90. The van der Waals surface area contributed by atoms with Gasteiger partial charge in [-0.2, -0.15) is 0 Å². The van der Waals surface area contributed by atoms with Crippen LogP contribution in [0, 0.1) is 6.92 Å². The minimum absolute atomic E-state index is 0.0348. The van der Waals surface area contributed by atoms with Crippen molar-refractivity contribution in [3.05, 3.63) is 47.5 Å². The van der Waals surface area contributed by atoms with Gasteiger partial charge in [0.25, 0.3) is 5.91 Å². The summed E-state index contributed by atoms with van der Waals surface area (Å²) in [6, 6.07) is 7.89. The van der Waals surface area contributed by atoms with Gasteiger partial charge in [-0.1, -0.05) is 12.1 Å². The van der Waals surface area contributed by atoms with Gasteiger partial charge in [0.15, 0.2) is 0 Å². The van der Waals surface area contributed by atoms with Gasteiger partial charge in [0.05, 0.1) is 18.1 Å². The number of methoxy groups -OCH3 is 1. The number of furan rings is 1. The second-order valence-corrected chi connectivity index (χ2v) is 7.95. The van der Waals surface area contributed by atoms with Crippen LogP contribution < -0.4 is 10.1 Å². The molecule has 0 unspecified atom stereocenters. The number of amides is 1. The highest BCUT2D eigenvalue weighted by Gasteiger charge is 2.38. The van der Waals surface area contributed by atoms with Crippen LogP contribution in [-0.4, -0.2) is 47.0 Å². The number of hydrogen-bond donors (Lipinski definition) is 1. The van der Waals surface area contributed by atoms with E-state index in [1.165, 1.54) is 6.33 Å². The minimum atomic E-state index is -0.0893. The van der Waals surface area contributed by atoms with E-state index >= 15 is 0 Å². The van der Waals surface area contributed by atoms with E-state index in [1.54, 1.807) is 18.9 Å². The maximum Gasteiger partial charge on any atom is 0.257 e. The zero-order chi connectivity index (χ0) is 20.6. The Morgan fingerprint density at radius 3 is 2.66 bits per heavy atom. The Kier molecular flexibility index (Phi) is 4.90. The lowest BCUT2D eigenvalue weighted by Gasteiger charge is -2.18. The second kappa shape index (κ2) is 7.39. The number of aromatic nitrogens is 2. The number of hydrogen-bond acceptors (Lipinski definition) is 6. The molecule has 3 aromatic rings. The number of carbonyl (C=O) groups is 1. The monoisotopic (exact) mass is 394 g/mol. The molecule has 1 aliphatic rings. The van der Waals surface area contributed by atoms with Crippen molar-refractivity contribution >= 4 is 22.8 Å². The lowest BCUT2D eigenvalue weighted by atomic mass is 10.1. The summed E-state index contributed by atoms with van der Waals surface area (Å²) >= 11 is 0. The van der Waals surface area contributed by atoms with E-state index in [9.17, 15) is 4.79 Å². The van der Waals surface area contributed by atoms with Crippen LogP contribution in [-0.2, 0) is 6.42 Å². The molecule has 7 nitrogen and oxygen atoms in total. The third-order valence-corrected chi connectivity index (χ3v) is 5.54. The molecule has 1 N–H and O–H groups in total. The van der Waals surface area contributed by atoms with E-state index < -0.39 is 0 Å². The first kappa shape index (κ1) is 19.2. The highest BCUT2D eigenvalue weighted by Crippen LogP contribution is 2.40. The van der Waals surface area contributed by atoms with Gasteiger partial charge in [0.2, 0.25) is 5.71 Å². The Hall–Kier alpha value is -3.09. The average Bonchev–Trinajstić information content (AvgIpc) is 3.34. The summed E-state index contributed by atoms with van der Waals surface area (Å²) in [7, 11) is 3.46. The van der Waals surface area contributed by atoms with Gasteiger partial charge in [0.1, 0.15) is 23.7 Å². The fourth-order valence-electron chi connectivity index (χ4n) is 3.38. The number of benzene rings is 1. The predicted molar refractivity (Wildman–Crippen MR) is 111 cm³/mol. The third-order valence-electron chi connectivity index (χ3n) is 5.54. The van der Waals surface area contributed by atoms with Gasteiger partial charge in [-0.25, -0.2) is 9.97 Å². The number of nitrogens with one attached hydrogen (secondary N) is 1. The highest BCUT2D eigenvalue weighted by molar-refractivity contribution is 6.10. The van der Waals surface area contributed by atoms with Crippen LogP contribution in [0.3, 0.4) is 0 Å². The van der Waals surface area contributed by atoms with Crippen LogP contribution in [0.2, 0.25) is 0 Å². The maximum atomic E-state index is 13.3. The van der Waals surface area contributed by atoms with Crippen LogP contribution in [0.5, 0.6) is 5.75 Å². The molecule has 1 fully saturated rings. The van der Waals surface area contributed by atoms with Gasteiger partial charge in [-0.3, -0.25) is 4.79 Å². The molecule has 1 amide bonds. The number of carbonyl (C=O) groups excluding carboxylic acids is 1. The van der Waals surface area contributed by atoms with Gasteiger partial charge in [-0.15, -0.1) is 0 Å². The van der Waals surface area contributed by atoms with Crippen molar-refractivity contribution in [3.8, 4) is 5.75 Å². The minimum Gasteiger partial charge on any atom is -0.497 e. The van der Waals surface area contributed by atoms with Crippen molar-refractivity contribution in [1.29, 1.82) is 0 Å². The van der Waals surface area contributed by atoms with E-state index in [0.717, 1.165) is 30.6 Å². The van der Waals surface area contributed by atoms with Crippen LogP contribution in [0.25, 0.3) is 11.1 Å². The van der Waals surface area contributed by atoms with Crippen molar-refractivity contribution < 1.29 is 13.9 Å². The van der Waals surface area contributed by atoms with Crippen LogP contribution in [0.4, 0.5) is 5.82 Å².